The smallest absolute Gasteiger partial charge is 0.322 e. The lowest BCUT2D eigenvalue weighted by Gasteiger charge is -2.40. The quantitative estimate of drug-likeness (QED) is 0.481. The fourth-order valence-corrected chi connectivity index (χ4v) is 9.11. The monoisotopic (exact) mass is 479 g/mol. The van der Waals surface area contributed by atoms with Gasteiger partial charge in [0.1, 0.15) is 0 Å². The molecule has 192 valence electrons. The van der Waals surface area contributed by atoms with Crippen molar-refractivity contribution in [1.82, 2.24) is 4.90 Å². The van der Waals surface area contributed by atoms with Crippen LogP contribution >= 0.6 is 0 Å². The van der Waals surface area contributed by atoms with Crippen LogP contribution in [0.1, 0.15) is 92.1 Å². The van der Waals surface area contributed by atoms with Crippen LogP contribution in [0.5, 0.6) is 0 Å². The molecule has 0 spiro atoms. The Bertz CT molecular complexity index is 1050. The van der Waals surface area contributed by atoms with Gasteiger partial charge in [-0.15, -0.1) is 0 Å². The van der Waals surface area contributed by atoms with Crippen molar-refractivity contribution in [1.29, 1.82) is 0 Å². The van der Waals surface area contributed by atoms with Crippen LogP contribution in [0.2, 0.25) is 0 Å². The van der Waals surface area contributed by atoms with Crippen LogP contribution < -0.4 is 10.6 Å². The third-order valence-electron chi connectivity index (χ3n) is 9.52. The van der Waals surface area contributed by atoms with Gasteiger partial charge < -0.3 is 15.5 Å². The maximum atomic E-state index is 13.4. The van der Waals surface area contributed by atoms with Crippen molar-refractivity contribution in [3.8, 4) is 0 Å². The van der Waals surface area contributed by atoms with E-state index in [1.807, 2.05) is 30.0 Å². The van der Waals surface area contributed by atoms with E-state index < -0.39 is 0 Å². The standard InChI is InChI=1S/C30H45N3O2/c1-19-8-9-21(31-26(35)33-18-30(7)14-22(33)13-28(4,5)17-30)10-24(19)32-25(34)23-15-29(6)12-20(23)11-27(2,3)16-29/h8-10,20,22-23H,11-18H2,1-7H3,(H,31,35)(H,32,34). The summed E-state index contributed by atoms with van der Waals surface area (Å²) in [5.74, 6) is 0.686. The number of likely N-dealkylation sites (tertiary alicyclic amines) is 1. The van der Waals surface area contributed by atoms with Crippen LogP contribution in [-0.2, 0) is 4.79 Å². The number of fused-ring (bicyclic) bond motifs is 4. The SMILES string of the molecule is Cc1ccc(NC(=O)N2CC3(C)CC2CC(C)(C)C3)cc1NC(=O)C1CC2(C)CC1CC(C)(C)C2. The molecule has 5 heteroatoms. The second-order valence-electron chi connectivity index (χ2n) is 14.9. The van der Waals surface area contributed by atoms with Crippen molar-refractivity contribution in [3.63, 3.8) is 0 Å². The predicted octanol–water partition coefficient (Wildman–Crippen LogP) is 7.22. The number of nitrogens with one attached hydrogen (secondary N) is 2. The van der Waals surface area contributed by atoms with Crippen LogP contribution in [0.3, 0.4) is 0 Å². The number of rotatable bonds is 3. The van der Waals surface area contributed by atoms with Crippen LogP contribution in [0, 0.1) is 40.4 Å². The van der Waals surface area contributed by atoms with E-state index in [4.69, 9.17) is 0 Å². The maximum Gasteiger partial charge on any atom is 0.322 e. The van der Waals surface area contributed by atoms with Gasteiger partial charge in [-0.1, -0.05) is 47.6 Å². The second kappa shape index (κ2) is 7.98. The Hall–Kier alpha value is -2.04. The molecule has 2 N–H and O–H groups in total. The van der Waals surface area contributed by atoms with E-state index in [0.29, 0.717) is 17.4 Å². The molecule has 5 unspecified atom stereocenters. The van der Waals surface area contributed by atoms with E-state index in [2.05, 4.69) is 52.2 Å². The number of carbonyl (C=O) groups is 2. The van der Waals surface area contributed by atoms with Crippen LogP contribution in [0.15, 0.2) is 18.2 Å². The van der Waals surface area contributed by atoms with Crippen molar-refractivity contribution in [2.75, 3.05) is 17.2 Å². The summed E-state index contributed by atoms with van der Waals surface area (Å²) < 4.78 is 0. The van der Waals surface area contributed by atoms with Gasteiger partial charge in [-0.25, -0.2) is 4.79 Å². The minimum Gasteiger partial charge on any atom is -0.326 e. The highest BCUT2D eigenvalue weighted by molar-refractivity contribution is 5.96. The van der Waals surface area contributed by atoms with Crippen molar-refractivity contribution >= 4 is 23.3 Å². The molecule has 4 fully saturated rings. The van der Waals surface area contributed by atoms with Crippen LogP contribution in [0.25, 0.3) is 0 Å². The number of amides is 3. The third-order valence-corrected chi connectivity index (χ3v) is 9.52. The fraction of sp³-hybridized carbons (Fsp3) is 0.733. The number of nitrogens with zero attached hydrogens (tertiary/aromatic N) is 1. The third kappa shape index (κ3) is 4.84. The molecule has 3 aliphatic carbocycles. The molecule has 5 nitrogen and oxygen atoms in total. The summed E-state index contributed by atoms with van der Waals surface area (Å²) in [4.78, 5) is 28.8. The summed E-state index contributed by atoms with van der Waals surface area (Å²) in [6, 6.07) is 6.17. The second-order valence-corrected chi connectivity index (χ2v) is 14.9. The number of carbonyl (C=O) groups excluding carboxylic acids is 2. The summed E-state index contributed by atoms with van der Waals surface area (Å²) in [5, 5.41) is 6.38. The molecule has 5 atom stereocenters. The van der Waals surface area contributed by atoms with Crippen molar-refractivity contribution in [2.24, 2.45) is 33.5 Å². The highest BCUT2D eigenvalue weighted by atomic mass is 16.2. The minimum absolute atomic E-state index is 0.0164. The fourth-order valence-electron chi connectivity index (χ4n) is 9.11. The number of aryl methyl sites for hydroxylation is 1. The topological polar surface area (TPSA) is 61.4 Å². The first-order chi connectivity index (χ1) is 16.1. The van der Waals surface area contributed by atoms with Crippen LogP contribution in [0.4, 0.5) is 16.2 Å². The first-order valence-corrected chi connectivity index (χ1v) is 13.6. The average molecular weight is 480 g/mol. The van der Waals surface area contributed by atoms with Gasteiger partial charge in [-0.2, -0.15) is 0 Å². The summed E-state index contributed by atoms with van der Waals surface area (Å²) in [6.45, 7) is 16.9. The Kier molecular flexibility index (Phi) is 5.62. The van der Waals surface area contributed by atoms with Gasteiger partial charge >= 0.3 is 6.03 Å². The van der Waals surface area contributed by atoms with E-state index in [-0.39, 0.29) is 34.1 Å². The largest absolute Gasteiger partial charge is 0.326 e. The molecular weight excluding hydrogens is 434 g/mol. The number of hydrogen-bond donors (Lipinski definition) is 2. The van der Waals surface area contributed by atoms with E-state index in [1.54, 1.807) is 0 Å². The molecule has 4 aliphatic rings. The Morgan fingerprint density at radius 3 is 2.29 bits per heavy atom. The number of benzene rings is 1. The predicted molar refractivity (Wildman–Crippen MR) is 142 cm³/mol. The summed E-state index contributed by atoms with van der Waals surface area (Å²) in [6.07, 6.45) is 7.79. The van der Waals surface area contributed by atoms with Gasteiger partial charge in [0.05, 0.1) is 0 Å². The van der Waals surface area contributed by atoms with Gasteiger partial charge in [0.15, 0.2) is 0 Å². The first-order valence-electron chi connectivity index (χ1n) is 13.6. The molecule has 0 aromatic heterocycles. The first kappa shape index (κ1) is 24.6. The van der Waals surface area contributed by atoms with Crippen molar-refractivity contribution in [3.05, 3.63) is 23.8 Å². The van der Waals surface area contributed by atoms with E-state index >= 15 is 0 Å². The zero-order chi connectivity index (χ0) is 25.4. The summed E-state index contributed by atoms with van der Waals surface area (Å²) in [5.41, 5.74) is 3.66. The molecule has 1 aromatic carbocycles. The Balaban J connectivity index is 1.27. The van der Waals surface area contributed by atoms with E-state index in [1.165, 1.54) is 12.8 Å². The lowest BCUT2D eigenvalue weighted by Crippen LogP contribution is -2.40. The lowest BCUT2D eigenvalue weighted by molar-refractivity contribution is -0.121. The molecule has 5 rings (SSSR count). The van der Waals surface area contributed by atoms with E-state index in [0.717, 1.165) is 55.6 Å². The Morgan fingerprint density at radius 1 is 0.857 bits per heavy atom. The molecular formula is C30H45N3O2. The van der Waals surface area contributed by atoms with Gasteiger partial charge in [0.2, 0.25) is 5.91 Å². The number of urea groups is 1. The van der Waals surface area contributed by atoms with Gasteiger partial charge in [-0.05, 0) is 97.1 Å². The van der Waals surface area contributed by atoms with E-state index in [9.17, 15) is 9.59 Å². The number of anilines is 2. The van der Waals surface area contributed by atoms with Gasteiger partial charge in [0, 0.05) is 29.9 Å². The molecule has 4 bridgehead atoms. The highest BCUT2D eigenvalue weighted by Crippen LogP contribution is 2.60. The summed E-state index contributed by atoms with van der Waals surface area (Å²) in [7, 11) is 0. The Labute approximate surface area is 211 Å². The summed E-state index contributed by atoms with van der Waals surface area (Å²) >= 11 is 0. The van der Waals surface area contributed by atoms with Gasteiger partial charge in [-0.3, -0.25) is 4.79 Å². The molecule has 0 radical (unpaired) electrons. The van der Waals surface area contributed by atoms with Crippen LogP contribution in [-0.4, -0.2) is 29.4 Å². The highest BCUT2D eigenvalue weighted by Gasteiger charge is 2.53. The minimum atomic E-state index is -0.0164. The Morgan fingerprint density at radius 2 is 1.54 bits per heavy atom. The zero-order valence-corrected chi connectivity index (χ0v) is 22.9. The zero-order valence-electron chi connectivity index (χ0n) is 22.9. The number of hydrogen-bond acceptors (Lipinski definition) is 2. The van der Waals surface area contributed by atoms with Crippen molar-refractivity contribution in [2.45, 2.75) is 99.5 Å². The molecule has 1 aromatic rings. The molecule has 35 heavy (non-hydrogen) atoms. The van der Waals surface area contributed by atoms with Gasteiger partial charge in [0.25, 0.3) is 0 Å². The lowest BCUT2D eigenvalue weighted by atomic mass is 9.65. The molecule has 3 saturated carbocycles. The average Bonchev–Trinajstić information content (AvgIpc) is 3.10. The molecule has 3 amide bonds. The van der Waals surface area contributed by atoms with Crippen molar-refractivity contribution < 1.29 is 9.59 Å². The molecule has 1 heterocycles. The molecule has 1 aliphatic heterocycles. The maximum absolute atomic E-state index is 13.4. The molecule has 1 saturated heterocycles. The normalized spacial score (nSPS) is 36.7.